The van der Waals surface area contributed by atoms with Gasteiger partial charge in [0.05, 0.1) is 6.07 Å². The molecule has 0 unspecified atom stereocenters. The largest absolute Gasteiger partial charge is 0.326 e. The molecule has 1 heterocycles. The van der Waals surface area contributed by atoms with Gasteiger partial charge in [0.15, 0.2) is 0 Å². The quantitative estimate of drug-likeness (QED) is 0.676. The van der Waals surface area contributed by atoms with Crippen molar-refractivity contribution in [2.45, 2.75) is 32.2 Å². The topological polar surface area (TPSA) is 73.2 Å². The number of nitriles is 1. The maximum Gasteiger partial charge on any atom is 0.326 e. The molecule has 0 spiro atoms. The Kier molecular flexibility index (Phi) is 3.49. The molecule has 0 saturated carbocycles. The van der Waals surface area contributed by atoms with Crippen molar-refractivity contribution in [2.75, 3.05) is 6.54 Å². The third-order valence-corrected chi connectivity index (χ3v) is 3.66. The lowest BCUT2D eigenvalue weighted by molar-refractivity contribution is -0.130. The van der Waals surface area contributed by atoms with Crippen molar-refractivity contribution in [3.63, 3.8) is 0 Å². The Bertz CT molecular complexity index is 586. The second kappa shape index (κ2) is 4.97. The van der Waals surface area contributed by atoms with Crippen molar-refractivity contribution < 1.29 is 9.59 Å². The molecule has 0 aliphatic carbocycles. The number of urea groups is 1. The lowest BCUT2D eigenvalue weighted by Crippen LogP contribution is -2.40. The standard InChI is InChI=1S/C15H17N3O2/c1-10(2)11-4-6-12(7-5-11)15(3)13(19)18(9-8-16)14(20)17-15/h4-7,10H,9H2,1-3H3,(H,17,20)/t15-/m0/s1. The molecule has 1 fully saturated rings. The summed E-state index contributed by atoms with van der Waals surface area (Å²) in [5.41, 5.74) is 0.799. The molecule has 20 heavy (non-hydrogen) atoms. The zero-order valence-electron chi connectivity index (χ0n) is 11.8. The molecule has 0 aromatic heterocycles. The van der Waals surface area contributed by atoms with Crippen LogP contribution in [0.5, 0.6) is 0 Å². The van der Waals surface area contributed by atoms with Crippen molar-refractivity contribution in [3.8, 4) is 6.07 Å². The summed E-state index contributed by atoms with van der Waals surface area (Å²) in [6.45, 7) is 5.61. The van der Waals surface area contributed by atoms with Gasteiger partial charge in [-0.1, -0.05) is 38.1 Å². The van der Waals surface area contributed by atoms with Gasteiger partial charge in [0.1, 0.15) is 12.1 Å². The molecule has 1 atom stereocenters. The van der Waals surface area contributed by atoms with Gasteiger partial charge in [0, 0.05) is 0 Å². The second-order valence-electron chi connectivity index (χ2n) is 5.38. The Morgan fingerprint density at radius 3 is 2.40 bits per heavy atom. The third-order valence-electron chi connectivity index (χ3n) is 3.66. The summed E-state index contributed by atoms with van der Waals surface area (Å²) in [5, 5.41) is 11.3. The Balaban J connectivity index is 2.34. The normalized spacial score (nSPS) is 22.1. The summed E-state index contributed by atoms with van der Waals surface area (Å²) in [5.74, 6) is 0.0159. The first-order valence-corrected chi connectivity index (χ1v) is 6.51. The van der Waals surface area contributed by atoms with Gasteiger partial charge in [-0.05, 0) is 24.0 Å². The summed E-state index contributed by atoms with van der Waals surface area (Å²) in [4.78, 5) is 25.1. The minimum atomic E-state index is -1.09. The van der Waals surface area contributed by atoms with Crippen LogP contribution in [0.1, 0.15) is 37.8 Å². The van der Waals surface area contributed by atoms with Gasteiger partial charge in [-0.3, -0.25) is 4.79 Å². The molecule has 0 bridgehead atoms. The lowest BCUT2D eigenvalue weighted by Gasteiger charge is -2.22. The maximum atomic E-state index is 12.3. The van der Waals surface area contributed by atoms with Crippen LogP contribution in [-0.2, 0) is 10.3 Å². The van der Waals surface area contributed by atoms with Crippen molar-refractivity contribution >= 4 is 11.9 Å². The number of nitrogens with zero attached hydrogens (tertiary/aromatic N) is 2. The van der Waals surface area contributed by atoms with E-state index in [4.69, 9.17) is 5.26 Å². The molecular weight excluding hydrogens is 254 g/mol. The molecule has 3 amide bonds. The average Bonchev–Trinajstić information content (AvgIpc) is 2.64. The maximum absolute atomic E-state index is 12.3. The van der Waals surface area contributed by atoms with Crippen LogP contribution in [0.25, 0.3) is 0 Å². The van der Waals surface area contributed by atoms with E-state index in [0.717, 1.165) is 10.5 Å². The van der Waals surface area contributed by atoms with E-state index in [1.54, 1.807) is 6.92 Å². The molecule has 0 radical (unpaired) electrons. The van der Waals surface area contributed by atoms with Gasteiger partial charge in [0.2, 0.25) is 0 Å². The number of amides is 3. The number of carbonyl (C=O) groups is 2. The minimum absolute atomic E-state index is 0.232. The fourth-order valence-electron chi connectivity index (χ4n) is 2.31. The SMILES string of the molecule is CC(C)c1ccc([C@]2(C)NC(=O)N(CC#N)C2=O)cc1. The highest BCUT2D eigenvalue weighted by molar-refractivity contribution is 6.07. The van der Waals surface area contributed by atoms with Crippen molar-refractivity contribution in [1.82, 2.24) is 10.2 Å². The van der Waals surface area contributed by atoms with Gasteiger partial charge < -0.3 is 5.32 Å². The smallest absolute Gasteiger partial charge is 0.319 e. The first-order valence-electron chi connectivity index (χ1n) is 6.51. The highest BCUT2D eigenvalue weighted by Crippen LogP contribution is 2.29. The molecule has 104 valence electrons. The Labute approximate surface area is 118 Å². The highest BCUT2D eigenvalue weighted by atomic mass is 16.2. The second-order valence-corrected chi connectivity index (χ2v) is 5.38. The van der Waals surface area contributed by atoms with E-state index < -0.39 is 11.6 Å². The fourth-order valence-corrected chi connectivity index (χ4v) is 2.31. The average molecular weight is 271 g/mol. The predicted molar refractivity (Wildman–Crippen MR) is 73.7 cm³/mol. The van der Waals surface area contributed by atoms with Crippen LogP contribution < -0.4 is 5.32 Å². The monoisotopic (exact) mass is 271 g/mol. The zero-order chi connectivity index (χ0) is 14.9. The summed E-state index contributed by atoms with van der Waals surface area (Å²) < 4.78 is 0. The molecular formula is C15H17N3O2. The van der Waals surface area contributed by atoms with Crippen LogP contribution in [0.3, 0.4) is 0 Å². The minimum Gasteiger partial charge on any atom is -0.319 e. The number of hydrogen-bond donors (Lipinski definition) is 1. The van der Waals surface area contributed by atoms with Gasteiger partial charge in [-0.25, -0.2) is 9.69 Å². The van der Waals surface area contributed by atoms with E-state index in [1.807, 2.05) is 30.3 Å². The van der Waals surface area contributed by atoms with Gasteiger partial charge in [0.25, 0.3) is 5.91 Å². The predicted octanol–water partition coefficient (Wildman–Crippen LogP) is 2.10. The van der Waals surface area contributed by atoms with Crippen molar-refractivity contribution in [1.29, 1.82) is 5.26 Å². The molecule has 5 heteroatoms. The molecule has 5 nitrogen and oxygen atoms in total. The van der Waals surface area contributed by atoms with Crippen LogP contribution >= 0.6 is 0 Å². The third kappa shape index (κ3) is 2.14. The number of rotatable bonds is 3. The summed E-state index contributed by atoms with van der Waals surface area (Å²) >= 11 is 0. The number of imide groups is 1. The van der Waals surface area contributed by atoms with Crippen molar-refractivity contribution in [2.24, 2.45) is 0 Å². The van der Waals surface area contributed by atoms with Crippen LogP contribution in [0, 0.1) is 11.3 Å². The number of hydrogen-bond acceptors (Lipinski definition) is 3. The van der Waals surface area contributed by atoms with E-state index in [9.17, 15) is 9.59 Å². The van der Waals surface area contributed by atoms with Crippen LogP contribution in [0.4, 0.5) is 4.79 Å². The van der Waals surface area contributed by atoms with E-state index in [-0.39, 0.29) is 12.5 Å². The molecule has 1 N–H and O–H groups in total. The molecule has 1 aromatic carbocycles. The van der Waals surface area contributed by atoms with Gasteiger partial charge >= 0.3 is 6.03 Å². The van der Waals surface area contributed by atoms with Crippen molar-refractivity contribution in [3.05, 3.63) is 35.4 Å². The first kappa shape index (κ1) is 14.1. The fraction of sp³-hybridized carbons (Fsp3) is 0.400. The zero-order valence-corrected chi connectivity index (χ0v) is 11.8. The number of carbonyl (C=O) groups excluding carboxylic acids is 2. The number of nitrogens with one attached hydrogen (secondary N) is 1. The Morgan fingerprint density at radius 1 is 1.30 bits per heavy atom. The molecule has 1 saturated heterocycles. The highest BCUT2D eigenvalue weighted by Gasteiger charge is 2.48. The van der Waals surface area contributed by atoms with Crippen LogP contribution in [0.2, 0.25) is 0 Å². The molecule has 1 aliphatic rings. The van der Waals surface area contributed by atoms with Gasteiger partial charge in [-0.15, -0.1) is 0 Å². The van der Waals surface area contributed by atoms with E-state index >= 15 is 0 Å². The van der Waals surface area contributed by atoms with E-state index in [1.165, 1.54) is 5.56 Å². The molecule has 1 aliphatic heterocycles. The van der Waals surface area contributed by atoms with Crippen LogP contribution in [0.15, 0.2) is 24.3 Å². The summed E-state index contributed by atoms with van der Waals surface area (Å²) in [6, 6.07) is 8.92. The van der Waals surface area contributed by atoms with Crippen LogP contribution in [-0.4, -0.2) is 23.4 Å². The van der Waals surface area contributed by atoms with E-state index in [0.29, 0.717) is 5.92 Å². The molecule has 1 aromatic rings. The summed E-state index contributed by atoms with van der Waals surface area (Å²) in [7, 11) is 0. The Morgan fingerprint density at radius 2 is 1.90 bits per heavy atom. The number of benzene rings is 1. The Hall–Kier alpha value is -2.35. The molecule has 2 rings (SSSR count). The van der Waals surface area contributed by atoms with Gasteiger partial charge in [-0.2, -0.15) is 5.26 Å². The first-order chi connectivity index (χ1) is 9.40. The summed E-state index contributed by atoms with van der Waals surface area (Å²) in [6.07, 6.45) is 0. The lowest BCUT2D eigenvalue weighted by atomic mass is 9.90. The van der Waals surface area contributed by atoms with E-state index in [2.05, 4.69) is 19.2 Å².